The predicted molar refractivity (Wildman–Crippen MR) is 137 cm³/mol. The third-order valence-corrected chi connectivity index (χ3v) is 9.06. The highest BCUT2D eigenvalue weighted by Crippen LogP contribution is 2.64. The van der Waals surface area contributed by atoms with Crippen molar-refractivity contribution in [2.75, 3.05) is 20.1 Å². The van der Waals surface area contributed by atoms with Crippen LogP contribution in [0.1, 0.15) is 49.8 Å². The van der Waals surface area contributed by atoms with E-state index in [-0.39, 0.29) is 24.1 Å². The molecule has 2 aromatic rings. The molecule has 0 aromatic heterocycles. The highest BCUT2D eigenvalue weighted by molar-refractivity contribution is 5.92. The van der Waals surface area contributed by atoms with Gasteiger partial charge in [0.25, 0.3) is 0 Å². The van der Waals surface area contributed by atoms with Crippen LogP contribution in [0.5, 0.6) is 5.75 Å². The van der Waals surface area contributed by atoms with Gasteiger partial charge in [-0.25, -0.2) is 0 Å². The first kappa shape index (κ1) is 22.8. The van der Waals surface area contributed by atoms with Gasteiger partial charge in [-0.3, -0.25) is 4.79 Å². The van der Waals surface area contributed by atoms with E-state index >= 15 is 0 Å². The van der Waals surface area contributed by atoms with Crippen LogP contribution in [0.15, 0.2) is 54.6 Å². The van der Waals surface area contributed by atoms with Crippen LogP contribution in [-0.4, -0.2) is 64.7 Å². The molecular formula is C30H36N2O3. The summed E-state index contributed by atoms with van der Waals surface area (Å²) in [6.07, 6.45) is 6.52. The van der Waals surface area contributed by atoms with E-state index < -0.39 is 11.0 Å². The maximum Gasteiger partial charge on any atom is 0.246 e. The number of hydrogen-bond donors (Lipinski definition) is 1. The zero-order chi connectivity index (χ0) is 24.4. The van der Waals surface area contributed by atoms with Crippen molar-refractivity contribution in [2.45, 2.75) is 68.7 Å². The van der Waals surface area contributed by atoms with Crippen molar-refractivity contribution in [3.63, 3.8) is 0 Å². The van der Waals surface area contributed by atoms with Crippen molar-refractivity contribution in [2.24, 2.45) is 5.92 Å². The van der Waals surface area contributed by atoms with Gasteiger partial charge in [0.05, 0.1) is 17.1 Å². The number of ether oxygens (including phenoxy) is 1. The summed E-state index contributed by atoms with van der Waals surface area (Å²) >= 11 is 0. The summed E-state index contributed by atoms with van der Waals surface area (Å²) in [7, 11) is 2.14. The van der Waals surface area contributed by atoms with Crippen molar-refractivity contribution >= 4 is 12.0 Å². The summed E-state index contributed by atoms with van der Waals surface area (Å²) in [5.74, 6) is 1.27. The number of nitrogens with zero attached hydrogens (tertiary/aromatic N) is 2. The number of benzene rings is 2. The summed E-state index contributed by atoms with van der Waals surface area (Å²) in [4.78, 5) is 18.1. The summed E-state index contributed by atoms with van der Waals surface area (Å²) in [5, 5.41) is 12.4. The van der Waals surface area contributed by atoms with Crippen molar-refractivity contribution in [3.8, 4) is 5.75 Å². The molecule has 5 nitrogen and oxygen atoms in total. The van der Waals surface area contributed by atoms with Crippen molar-refractivity contribution in [1.82, 2.24) is 9.80 Å². The first-order chi connectivity index (χ1) is 16.8. The van der Waals surface area contributed by atoms with E-state index in [1.807, 2.05) is 41.3 Å². The highest BCUT2D eigenvalue weighted by Gasteiger charge is 2.72. The van der Waals surface area contributed by atoms with E-state index in [2.05, 4.69) is 44.0 Å². The smallest absolute Gasteiger partial charge is 0.246 e. The molecule has 2 bridgehead atoms. The van der Waals surface area contributed by atoms with Crippen LogP contribution in [0.25, 0.3) is 6.08 Å². The normalized spacial score (nSPS) is 33.0. The Bertz CT molecular complexity index is 1160. The van der Waals surface area contributed by atoms with Crippen molar-refractivity contribution in [3.05, 3.63) is 71.3 Å². The molecule has 1 spiro atoms. The van der Waals surface area contributed by atoms with E-state index in [1.165, 1.54) is 11.1 Å². The minimum Gasteiger partial charge on any atom is -0.487 e. The summed E-state index contributed by atoms with van der Waals surface area (Å²) in [5.41, 5.74) is 2.24. The standard InChI is InChI=1S/C30H36N2O3/c1-20(2)19-32(26(33)13-12-21-8-5-4-6-9-21)23-14-15-30(34)25-18-22-10-7-11-24-27(22)29(30,28(23)35-24)16-17-31(25)3/h4-13,20,23,25,28,34H,14-19H2,1-3H3/b13-12+/t23?,25-,28?,29+,30-/m1/s1. The largest absolute Gasteiger partial charge is 0.487 e. The molecule has 2 aliphatic carbocycles. The van der Waals surface area contributed by atoms with Gasteiger partial charge in [0.2, 0.25) is 5.91 Å². The predicted octanol–water partition coefficient (Wildman–Crippen LogP) is 4.04. The first-order valence-electron chi connectivity index (χ1n) is 13.1. The van der Waals surface area contributed by atoms with Crippen LogP contribution in [0.2, 0.25) is 0 Å². The van der Waals surface area contributed by atoms with Gasteiger partial charge < -0.3 is 19.6 Å². The number of piperidine rings is 1. The number of likely N-dealkylation sites (N-methyl/N-ethyl adjacent to an activating group) is 1. The molecule has 2 heterocycles. The monoisotopic (exact) mass is 472 g/mol. The zero-order valence-corrected chi connectivity index (χ0v) is 21.0. The molecule has 1 saturated heterocycles. The highest BCUT2D eigenvalue weighted by atomic mass is 16.5. The van der Waals surface area contributed by atoms with Gasteiger partial charge in [0.1, 0.15) is 11.9 Å². The second-order valence-corrected chi connectivity index (χ2v) is 11.4. The lowest BCUT2D eigenvalue weighted by Crippen LogP contribution is -2.78. The average Bonchev–Trinajstić information content (AvgIpc) is 3.19. The molecule has 1 saturated carbocycles. The molecule has 2 aliphatic heterocycles. The van der Waals surface area contributed by atoms with E-state index in [0.717, 1.165) is 37.1 Å². The van der Waals surface area contributed by atoms with E-state index in [0.29, 0.717) is 18.9 Å². The van der Waals surface area contributed by atoms with Gasteiger partial charge >= 0.3 is 0 Å². The lowest BCUT2D eigenvalue weighted by Gasteiger charge is -2.64. The Balaban J connectivity index is 1.41. The van der Waals surface area contributed by atoms with E-state index in [1.54, 1.807) is 6.08 Å². The lowest BCUT2D eigenvalue weighted by molar-refractivity contribution is -0.197. The Kier molecular flexibility index (Phi) is 5.35. The Morgan fingerprint density at radius 3 is 2.77 bits per heavy atom. The van der Waals surface area contributed by atoms with Gasteiger partial charge in [-0.15, -0.1) is 0 Å². The third-order valence-electron chi connectivity index (χ3n) is 9.06. The van der Waals surface area contributed by atoms with E-state index in [9.17, 15) is 9.90 Å². The minimum atomic E-state index is -0.840. The van der Waals surface area contributed by atoms with Crippen LogP contribution in [0, 0.1) is 5.92 Å². The summed E-state index contributed by atoms with van der Waals surface area (Å²) in [6, 6.07) is 16.3. The molecule has 6 rings (SSSR count). The van der Waals surface area contributed by atoms with E-state index in [4.69, 9.17) is 4.74 Å². The van der Waals surface area contributed by atoms with Crippen LogP contribution < -0.4 is 4.74 Å². The Hall–Kier alpha value is -2.63. The van der Waals surface area contributed by atoms with Gasteiger partial charge in [-0.05, 0) is 68.5 Å². The van der Waals surface area contributed by atoms with Crippen molar-refractivity contribution < 1.29 is 14.6 Å². The van der Waals surface area contributed by atoms with Crippen LogP contribution in [0.3, 0.4) is 0 Å². The molecule has 35 heavy (non-hydrogen) atoms. The minimum absolute atomic E-state index is 0.0226. The van der Waals surface area contributed by atoms with Gasteiger partial charge in [0, 0.05) is 24.2 Å². The fraction of sp³-hybridized carbons (Fsp3) is 0.500. The number of carbonyl (C=O) groups excluding carboxylic acids is 1. The van der Waals surface area contributed by atoms with Gasteiger partial charge in [0.15, 0.2) is 0 Å². The second kappa shape index (κ2) is 8.21. The van der Waals surface area contributed by atoms with Gasteiger partial charge in [-0.2, -0.15) is 0 Å². The molecule has 5 atom stereocenters. The number of carbonyl (C=O) groups is 1. The quantitative estimate of drug-likeness (QED) is 0.668. The zero-order valence-electron chi connectivity index (χ0n) is 21.0. The number of aliphatic hydroxyl groups is 1. The second-order valence-electron chi connectivity index (χ2n) is 11.4. The topological polar surface area (TPSA) is 53.0 Å². The number of likely N-dealkylation sites (tertiary alicyclic amines) is 1. The number of rotatable bonds is 5. The third kappa shape index (κ3) is 3.24. The first-order valence-corrected chi connectivity index (χ1v) is 13.1. The maximum absolute atomic E-state index is 13.7. The molecule has 1 amide bonds. The van der Waals surface area contributed by atoms with Crippen molar-refractivity contribution in [1.29, 1.82) is 0 Å². The fourth-order valence-corrected chi connectivity index (χ4v) is 7.63. The number of amides is 1. The molecule has 2 fully saturated rings. The molecule has 2 aromatic carbocycles. The summed E-state index contributed by atoms with van der Waals surface area (Å²) in [6.45, 7) is 5.92. The van der Waals surface area contributed by atoms with Crippen LogP contribution >= 0.6 is 0 Å². The average molecular weight is 473 g/mol. The number of hydrogen-bond acceptors (Lipinski definition) is 4. The lowest BCUT2D eigenvalue weighted by atomic mass is 9.48. The van der Waals surface area contributed by atoms with Crippen LogP contribution in [-0.2, 0) is 16.6 Å². The van der Waals surface area contributed by atoms with Gasteiger partial charge in [-0.1, -0.05) is 56.3 Å². The molecule has 2 unspecified atom stereocenters. The molecule has 1 N–H and O–H groups in total. The Morgan fingerprint density at radius 1 is 1.20 bits per heavy atom. The molecule has 4 aliphatic rings. The molecule has 5 heteroatoms. The maximum atomic E-state index is 13.7. The molecule has 0 radical (unpaired) electrons. The van der Waals surface area contributed by atoms with Crippen LogP contribution in [0.4, 0.5) is 0 Å². The SMILES string of the molecule is CC(C)CN(C(=O)/C=C/c1ccccc1)C1CC[C@@]2(O)[C@H]3Cc4cccc5c4[C@@]2(CCN3C)C1O5. The molecule has 184 valence electrons. The Morgan fingerprint density at radius 2 is 2.00 bits per heavy atom. The fourth-order valence-electron chi connectivity index (χ4n) is 7.63. The summed E-state index contributed by atoms with van der Waals surface area (Å²) < 4.78 is 6.77. The Labute approximate surface area is 208 Å². The molecular weight excluding hydrogens is 436 g/mol.